The molecule has 4 heteroatoms. The largest absolute Gasteiger partial charge is 0.380 e. The quantitative estimate of drug-likeness (QED) is 0.650. The van der Waals surface area contributed by atoms with Crippen molar-refractivity contribution in [3.8, 4) is 0 Å². The molecule has 4 nitrogen and oxygen atoms in total. The predicted octanol–water partition coefficient (Wildman–Crippen LogP) is 0.319. The molecule has 0 aromatic heterocycles. The van der Waals surface area contributed by atoms with Gasteiger partial charge in [-0.15, -0.1) is 0 Å². The van der Waals surface area contributed by atoms with E-state index in [-0.39, 0.29) is 0 Å². The van der Waals surface area contributed by atoms with Crippen molar-refractivity contribution >= 4 is 0 Å². The molecule has 0 aliphatic carbocycles. The molecule has 0 radical (unpaired) electrons. The van der Waals surface area contributed by atoms with E-state index >= 15 is 0 Å². The average molecular weight is 216 g/mol. The summed E-state index contributed by atoms with van der Waals surface area (Å²) in [4.78, 5) is 2.41. The minimum Gasteiger partial charge on any atom is -0.380 e. The number of rotatable bonds is 6. The van der Waals surface area contributed by atoms with E-state index in [1.807, 2.05) is 0 Å². The molecule has 0 amide bonds. The maximum atomic E-state index is 5.46. The topological polar surface area (TPSA) is 47.7 Å². The lowest BCUT2D eigenvalue weighted by molar-refractivity contribution is -0.0131. The Balaban J connectivity index is 2.14. The van der Waals surface area contributed by atoms with Crippen LogP contribution >= 0.6 is 0 Å². The van der Waals surface area contributed by atoms with E-state index in [0.717, 1.165) is 26.2 Å². The van der Waals surface area contributed by atoms with Crippen molar-refractivity contribution in [1.29, 1.82) is 0 Å². The molecule has 15 heavy (non-hydrogen) atoms. The zero-order valence-electron chi connectivity index (χ0n) is 9.95. The third-order valence-corrected chi connectivity index (χ3v) is 3.09. The average Bonchev–Trinajstić information content (AvgIpc) is 2.26. The molecule has 1 aliphatic rings. The number of hydrogen-bond acceptors (Lipinski definition) is 4. The van der Waals surface area contributed by atoms with Crippen LogP contribution in [0.15, 0.2) is 0 Å². The van der Waals surface area contributed by atoms with E-state index < -0.39 is 0 Å². The zero-order chi connectivity index (χ0) is 11.1. The second kappa shape index (κ2) is 7.17. The Morgan fingerprint density at radius 2 is 2.20 bits per heavy atom. The molecule has 1 saturated heterocycles. The highest BCUT2D eigenvalue weighted by Gasteiger charge is 2.25. The lowest BCUT2D eigenvalue weighted by Gasteiger charge is -2.36. The Labute approximate surface area is 92.7 Å². The summed E-state index contributed by atoms with van der Waals surface area (Å²) in [7, 11) is 1.80. The summed E-state index contributed by atoms with van der Waals surface area (Å²) in [6.07, 6.45) is 1.60. The van der Waals surface area contributed by atoms with Crippen molar-refractivity contribution in [3.05, 3.63) is 0 Å². The van der Waals surface area contributed by atoms with Crippen molar-refractivity contribution in [2.24, 2.45) is 11.7 Å². The van der Waals surface area contributed by atoms with Gasteiger partial charge >= 0.3 is 0 Å². The second-order valence-corrected chi connectivity index (χ2v) is 4.24. The fourth-order valence-electron chi connectivity index (χ4n) is 1.99. The number of ether oxygens (including phenoxy) is 2. The maximum Gasteiger partial charge on any atom is 0.0724 e. The van der Waals surface area contributed by atoms with E-state index in [9.17, 15) is 0 Å². The number of nitrogens with two attached hydrogens (primary N) is 1. The first-order chi connectivity index (χ1) is 7.27. The van der Waals surface area contributed by atoms with Crippen molar-refractivity contribution in [2.45, 2.75) is 19.4 Å². The van der Waals surface area contributed by atoms with Gasteiger partial charge < -0.3 is 15.2 Å². The van der Waals surface area contributed by atoms with Crippen LogP contribution in [0.1, 0.15) is 13.3 Å². The van der Waals surface area contributed by atoms with Crippen LogP contribution in [0, 0.1) is 5.92 Å². The first-order valence-corrected chi connectivity index (χ1v) is 5.81. The molecule has 0 saturated carbocycles. The van der Waals surface area contributed by atoms with E-state index in [1.54, 1.807) is 7.11 Å². The van der Waals surface area contributed by atoms with Crippen molar-refractivity contribution in [1.82, 2.24) is 4.90 Å². The highest BCUT2D eigenvalue weighted by atomic mass is 16.5. The van der Waals surface area contributed by atoms with Crippen LogP contribution in [0.5, 0.6) is 0 Å². The van der Waals surface area contributed by atoms with E-state index in [0.29, 0.717) is 25.2 Å². The third kappa shape index (κ3) is 4.47. The standard InChI is InChI=1S/C11H24N2O2/c1-10-3-5-13(9-11(10)14-2)6-8-15-7-4-12/h10-11H,3-9,12H2,1-2H3. The molecule has 0 aromatic rings. The summed E-state index contributed by atoms with van der Waals surface area (Å²) in [5, 5.41) is 0. The molecule has 1 heterocycles. The summed E-state index contributed by atoms with van der Waals surface area (Å²) < 4.78 is 10.8. The molecular formula is C11H24N2O2. The fraction of sp³-hybridized carbons (Fsp3) is 1.00. The van der Waals surface area contributed by atoms with Gasteiger partial charge in [-0.2, -0.15) is 0 Å². The van der Waals surface area contributed by atoms with Gasteiger partial charge in [-0.1, -0.05) is 6.92 Å². The first-order valence-electron chi connectivity index (χ1n) is 5.81. The Kier molecular flexibility index (Phi) is 6.17. The van der Waals surface area contributed by atoms with Gasteiger partial charge in [0.2, 0.25) is 0 Å². The third-order valence-electron chi connectivity index (χ3n) is 3.09. The number of hydrogen-bond donors (Lipinski definition) is 1. The summed E-state index contributed by atoms with van der Waals surface area (Å²) in [5.41, 5.74) is 5.35. The summed E-state index contributed by atoms with van der Waals surface area (Å²) in [6, 6.07) is 0. The molecule has 2 N–H and O–H groups in total. The summed E-state index contributed by atoms with van der Waals surface area (Å²) in [5.74, 6) is 0.677. The molecule has 90 valence electrons. The molecular weight excluding hydrogens is 192 g/mol. The van der Waals surface area contributed by atoms with E-state index in [4.69, 9.17) is 15.2 Å². The monoisotopic (exact) mass is 216 g/mol. The van der Waals surface area contributed by atoms with Crippen molar-refractivity contribution in [3.63, 3.8) is 0 Å². The molecule has 0 bridgehead atoms. The Bertz CT molecular complexity index is 167. The van der Waals surface area contributed by atoms with Crippen LogP contribution < -0.4 is 5.73 Å². The summed E-state index contributed by atoms with van der Waals surface area (Å²) in [6.45, 7) is 7.50. The Morgan fingerprint density at radius 3 is 2.87 bits per heavy atom. The van der Waals surface area contributed by atoms with E-state index in [2.05, 4.69) is 11.8 Å². The van der Waals surface area contributed by atoms with Gasteiger partial charge in [0.05, 0.1) is 19.3 Å². The lowest BCUT2D eigenvalue weighted by Crippen LogP contribution is -2.45. The Hall–Kier alpha value is -0.160. The molecule has 0 spiro atoms. The molecule has 1 rings (SSSR count). The first kappa shape index (κ1) is 12.9. The van der Waals surface area contributed by atoms with Crippen LogP contribution in [-0.4, -0.2) is 57.5 Å². The molecule has 0 aromatic carbocycles. The van der Waals surface area contributed by atoms with E-state index in [1.165, 1.54) is 6.42 Å². The normalized spacial score (nSPS) is 28.2. The van der Waals surface area contributed by atoms with Gasteiger partial charge in [0.25, 0.3) is 0 Å². The van der Waals surface area contributed by atoms with Gasteiger partial charge in [0, 0.05) is 26.7 Å². The van der Waals surface area contributed by atoms with Crippen LogP contribution in [-0.2, 0) is 9.47 Å². The number of likely N-dealkylation sites (tertiary alicyclic amines) is 1. The highest BCUT2D eigenvalue weighted by molar-refractivity contribution is 4.78. The number of methoxy groups -OCH3 is 1. The van der Waals surface area contributed by atoms with Crippen LogP contribution in [0.3, 0.4) is 0 Å². The number of piperidine rings is 1. The maximum absolute atomic E-state index is 5.46. The molecule has 1 aliphatic heterocycles. The van der Waals surface area contributed by atoms with Crippen molar-refractivity contribution in [2.75, 3.05) is 46.5 Å². The highest BCUT2D eigenvalue weighted by Crippen LogP contribution is 2.18. The van der Waals surface area contributed by atoms with Gasteiger partial charge in [-0.25, -0.2) is 0 Å². The van der Waals surface area contributed by atoms with Gasteiger partial charge in [-0.05, 0) is 18.9 Å². The fourth-order valence-corrected chi connectivity index (χ4v) is 1.99. The smallest absolute Gasteiger partial charge is 0.0724 e. The predicted molar refractivity (Wildman–Crippen MR) is 60.9 cm³/mol. The SMILES string of the molecule is COC1CN(CCOCCN)CCC1C. The molecule has 2 unspecified atom stereocenters. The molecule has 2 atom stereocenters. The van der Waals surface area contributed by atoms with Crippen LogP contribution in [0.25, 0.3) is 0 Å². The van der Waals surface area contributed by atoms with Gasteiger partial charge in [0.1, 0.15) is 0 Å². The molecule has 1 fully saturated rings. The number of nitrogens with zero attached hydrogens (tertiary/aromatic N) is 1. The van der Waals surface area contributed by atoms with Gasteiger partial charge in [0.15, 0.2) is 0 Å². The van der Waals surface area contributed by atoms with Crippen LogP contribution in [0.4, 0.5) is 0 Å². The zero-order valence-corrected chi connectivity index (χ0v) is 9.95. The lowest BCUT2D eigenvalue weighted by atomic mass is 9.96. The second-order valence-electron chi connectivity index (χ2n) is 4.24. The van der Waals surface area contributed by atoms with Crippen LogP contribution in [0.2, 0.25) is 0 Å². The minimum absolute atomic E-state index is 0.383. The minimum atomic E-state index is 0.383. The summed E-state index contributed by atoms with van der Waals surface area (Å²) >= 11 is 0. The van der Waals surface area contributed by atoms with Crippen molar-refractivity contribution < 1.29 is 9.47 Å². The van der Waals surface area contributed by atoms with Gasteiger partial charge in [-0.3, -0.25) is 4.90 Å². The Morgan fingerprint density at radius 1 is 1.40 bits per heavy atom.